The lowest BCUT2D eigenvalue weighted by molar-refractivity contribution is -0.136. The zero-order valence-electron chi connectivity index (χ0n) is 17.6. The van der Waals surface area contributed by atoms with E-state index in [-0.39, 0.29) is 23.8 Å². The van der Waals surface area contributed by atoms with Gasteiger partial charge in [-0.3, -0.25) is 9.59 Å². The van der Waals surface area contributed by atoms with Crippen molar-refractivity contribution in [2.24, 2.45) is 5.92 Å². The predicted molar refractivity (Wildman–Crippen MR) is 113 cm³/mol. The van der Waals surface area contributed by atoms with E-state index in [1.807, 2.05) is 17.0 Å². The van der Waals surface area contributed by atoms with Gasteiger partial charge in [0.25, 0.3) is 5.91 Å². The van der Waals surface area contributed by atoms with Crippen LogP contribution in [0.1, 0.15) is 93.5 Å². The number of nitrogens with zero attached hydrogens (tertiary/aromatic N) is 1. The number of piperidine rings is 1. The van der Waals surface area contributed by atoms with Crippen LogP contribution in [0.15, 0.2) is 24.3 Å². The third kappa shape index (κ3) is 5.15. The van der Waals surface area contributed by atoms with Gasteiger partial charge >= 0.3 is 0 Å². The molecule has 1 aliphatic carbocycles. The maximum Gasteiger partial charge on any atom is 0.251 e. The standard InChI is InChI=1S/C24H36N2O2/c1-3-18(4-2)24(28)26-16-14-22(15-17-26)25-23(27)21-12-10-20(11-13-21)19-8-6-5-7-9-19/h10-13,18-19,22H,3-9,14-17H2,1-2H3,(H,25,27). The summed E-state index contributed by atoms with van der Waals surface area (Å²) < 4.78 is 0. The zero-order valence-corrected chi connectivity index (χ0v) is 17.6. The largest absolute Gasteiger partial charge is 0.349 e. The van der Waals surface area contributed by atoms with Crippen LogP contribution in [0.25, 0.3) is 0 Å². The number of carbonyl (C=O) groups is 2. The molecular formula is C24H36N2O2. The number of hydrogen-bond acceptors (Lipinski definition) is 2. The van der Waals surface area contributed by atoms with Crippen molar-refractivity contribution >= 4 is 11.8 Å². The molecule has 2 amide bonds. The third-order valence-electron chi connectivity index (χ3n) is 6.73. The summed E-state index contributed by atoms with van der Waals surface area (Å²) >= 11 is 0. The van der Waals surface area contributed by atoms with Crippen LogP contribution in [0.4, 0.5) is 0 Å². The normalized spacial score (nSPS) is 19.0. The lowest BCUT2D eigenvalue weighted by atomic mass is 9.84. The quantitative estimate of drug-likeness (QED) is 0.759. The molecule has 154 valence electrons. The summed E-state index contributed by atoms with van der Waals surface area (Å²) in [6.07, 6.45) is 10.1. The van der Waals surface area contributed by atoms with E-state index in [2.05, 4.69) is 31.3 Å². The topological polar surface area (TPSA) is 49.4 Å². The van der Waals surface area contributed by atoms with Crippen molar-refractivity contribution in [1.82, 2.24) is 10.2 Å². The van der Waals surface area contributed by atoms with Crippen molar-refractivity contribution < 1.29 is 9.59 Å². The van der Waals surface area contributed by atoms with Crippen LogP contribution < -0.4 is 5.32 Å². The Morgan fingerprint density at radius 2 is 1.57 bits per heavy atom. The summed E-state index contributed by atoms with van der Waals surface area (Å²) in [6, 6.07) is 8.40. The van der Waals surface area contributed by atoms with Gasteiger partial charge in [-0.15, -0.1) is 0 Å². The number of rotatable bonds is 6. The Morgan fingerprint density at radius 3 is 2.14 bits per heavy atom. The molecule has 2 aliphatic rings. The van der Waals surface area contributed by atoms with Crippen LogP contribution in [0.3, 0.4) is 0 Å². The number of benzene rings is 1. The van der Waals surface area contributed by atoms with Crippen molar-refractivity contribution in [3.63, 3.8) is 0 Å². The molecule has 0 spiro atoms. The van der Waals surface area contributed by atoms with Gasteiger partial charge in [0.15, 0.2) is 0 Å². The van der Waals surface area contributed by atoms with Crippen molar-refractivity contribution in [1.29, 1.82) is 0 Å². The van der Waals surface area contributed by atoms with Crippen molar-refractivity contribution in [3.8, 4) is 0 Å². The Balaban J connectivity index is 1.48. The molecule has 1 aliphatic heterocycles. The van der Waals surface area contributed by atoms with Crippen LogP contribution >= 0.6 is 0 Å². The Morgan fingerprint density at radius 1 is 0.964 bits per heavy atom. The first-order chi connectivity index (χ1) is 13.6. The summed E-state index contributed by atoms with van der Waals surface area (Å²) in [5.41, 5.74) is 2.12. The van der Waals surface area contributed by atoms with Crippen molar-refractivity contribution in [3.05, 3.63) is 35.4 Å². The highest BCUT2D eigenvalue weighted by Gasteiger charge is 2.27. The van der Waals surface area contributed by atoms with Gasteiger partial charge in [-0.1, -0.05) is 45.2 Å². The average molecular weight is 385 g/mol. The second-order valence-corrected chi connectivity index (χ2v) is 8.54. The number of hydrogen-bond donors (Lipinski definition) is 1. The second kappa shape index (κ2) is 10.1. The molecule has 4 nitrogen and oxygen atoms in total. The maximum atomic E-state index is 12.6. The molecule has 1 aromatic rings. The number of likely N-dealkylation sites (tertiary alicyclic amines) is 1. The average Bonchev–Trinajstić information content (AvgIpc) is 2.76. The van der Waals surface area contributed by atoms with Gasteiger partial charge in [-0.05, 0) is 62.1 Å². The van der Waals surface area contributed by atoms with Gasteiger partial charge in [0, 0.05) is 30.6 Å². The molecule has 1 aromatic carbocycles. The lowest BCUT2D eigenvalue weighted by Crippen LogP contribution is -2.48. The summed E-state index contributed by atoms with van der Waals surface area (Å²) in [5.74, 6) is 1.12. The molecule has 1 saturated heterocycles. The number of amides is 2. The van der Waals surface area contributed by atoms with Crippen LogP contribution in [0, 0.1) is 5.92 Å². The third-order valence-corrected chi connectivity index (χ3v) is 6.73. The summed E-state index contributed by atoms with van der Waals surface area (Å²) in [4.78, 5) is 27.1. The molecule has 4 heteroatoms. The highest BCUT2D eigenvalue weighted by Crippen LogP contribution is 2.32. The smallest absolute Gasteiger partial charge is 0.251 e. The number of carbonyl (C=O) groups excluding carboxylic acids is 2. The van der Waals surface area contributed by atoms with Crippen LogP contribution in [0.2, 0.25) is 0 Å². The van der Waals surface area contributed by atoms with Crippen LogP contribution in [-0.4, -0.2) is 35.8 Å². The molecule has 28 heavy (non-hydrogen) atoms. The Bertz CT molecular complexity index is 637. The Hall–Kier alpha value is -1.84. The van der Waals surface area contributed by atoms with Crippen molar-refractivity contribution in [2.45, 2.75) is 83.6 Å². The van der Waals surface area contributed by atoms with Gasteiger partial charge in [-0.25, -0.2) is 0 Å². The fourth-order valence-corrected chi connectivity index (χ4v) is 4.75. The lowest BCUT2D eigenvalue weighted by Gasteiger charge is -2.34. The molecule has 0 radical (unpaired) electrons. The minimum atomic E-state index is 0.0139. The van der Waals surface area contributed by atoms with Gasteiger partial charge < -0.3 is 10.2 Å². The van der Waals surface area contributed by atoms with E-state index >= 15 is 0 Å². The van der Waals surface area contributed by atoms with E-state index in [4.69, 9.17) is 0 Å². The molecule has 0 bridgehead atoms. The first kappa shape index (κ1) is 20.9. The van der Waals surface area contributed by atoms with Gasteiger partial charge in [-0.2, -0.15) is 0 Å². The van der Waals surface area contributed by atoms with Gasteiger partial charge in [0.05, 0.1) is 0 Å². The minimum Gasteiger partial charge on any atom is -0.349 e. The molecule has 1 saturated carbocycles. The maximum absolute atomic E-state index is 12.6. The summed E-state index contributed by atoms with van der Waals surface area (Å²) in [6.45, 7) is 5.67. The fourth-order valence-electron chi connectivity index (χ4n) is 4.75. The molecule has 0 unspecified atom stereocenters. The predicted octanol–water partition coefficient (Wildman–Crippen LogP) is 4.89. The first-order valence-corrected chi connectivity index (χ1v) is 11.3. The van der Waals surface area contributed by atoms with E-state index in [9.17, 15) is 9.59 Å². The molecule has 0 atom stereocenters. The molecule has 0 aromatic heterocycles. The second-order valence-electron chi connectivity index (χ2n) is 8.54. The van der Waals surface area contributed by atoms with E-state index in [1.54, 1.807) is 0 Å². The summed E-state index contributed by atoms with van der Waals surface area (Å²) in [5, 5.41) is 3.17. The van der Waals surface area contributed by atoms with E-state index < -0.39 is 0 Å². The first-order valence-electron chi connectivity index (χ1n) is 11.3. The zero-order chi connectivity index (χ0) is 19.9. The molecule has 1 heterocycles. The Kier molecular flexibility index (Phi) is 7.52. The fraction of sp³-hybridized carbons (Fsp3) is 0.667. The molecular weight excluding hydrogens is 348 g/mol. The van der Waals surface area contributed by atoms with E-state index in [1.165, 1.54) is 37.7 Å². The SMILES string of the molecule is CCC(CC)C(=O)N1CCC(NC(=O)c2ccc(C3CCCCC3)cc2)CC1. The monoisotopic (exact) mass is 384 g/mol. The highest BCUT2D eigenvalue weighted by atomic mass is 16.2. The van der Waals surface area contributed by atoms with Crippen LogP contribution in [0.5, 0.6) is 0 Å². The minimum absolute atomic E-state index is 0.0139. The highest BCUT2D eigenvalue weighted by molar-refractivity contribution is 5.94. The van der Waals surface area contributed by atoms with E-state index in [0.29, 0.717) is 5.92 Å². The Labute approximate surface area is 170 Å². The molecule has 1 N–H and O–H groups in total. The summed E-state index contributed by atoms with van der Waals surface area (Å²) in [7, 11) is 0. The molecule has 2 fully saturated rings. The van der Waals surface area contributed by atoms with Gasteiger partial charge in [0.1, 0.15) is 0 Å². The van der Waals surface area contributed by atoms with E-state index in [0.717, 1.165) is 44.3 Å². The molecule has 3 rings (SSSR count). The van der Waals surface area contributed by atoms with Crippen molar-refractivity contribution in [2.75, 3.05) is 13.1 Å². The van der Waals surface area contributed by atoms with Gasteiger partial charge in [0.2, 0.25) is 5.91 Å². The number of nitrogens with one attached hydrogen (secondary N) is 1. The van der Waals surface area contributed by atoms with Crippen LogP contribution in [-0.2, 0) is 4.79 Å².